The Morgan fingerprint density at radius 3 is 2.45 bits per heavy atom. The Morgan fingerprint density at radius 2 is 1.81 bits per heavy atom. The van der Waals surface area contributed by atoms with Gasteiger partial charge in [0, 0.05) is 13.7 Å². The van der Waals surface area contributed by atoms with Crippen molar-refractivity contribution in [2.24, 2.45) is 0 Å². The molecule has 3 aromatic rings. The summed E-state index contributed by atoms with van der Waals surface area (Å²) in [6, 6.07) is 14.5. The van der Waals surface area contributed by atoms with Gasteiger partial charge in [-0.05, 0) is 48.0 Å². The summed E-state index contributed by atoms with van der Waals surface area (Å²) in [6.45, 7) is 0.517. The van der Waals surface area contributed by atoms with E-state index in [0.717, 1.165) is 17.7 Å². The fraction of sp³-hybridized carbons (Fsp3) is 0.182. The number of aromatic nitrogens is 1. The highest BCUT2D eigenvalue weighted by molar-refractivity contribution is 5.98. The first-order valence-electron chi connectivity index (χ1n) is 9.23. The average molecular weight is 431 g/mol. The van der Waals surface area contributed by atoms with Crippen LogP contribution in [-0.2, 0) is 24.1 Å². The lowest BCUT2D eigenvalue weighted by atomic mass is 10.2. The summed E-state index contributed by atoms with van der Waals surface area (Å²) < 4.78 is 48.9. The molecule has 0 bridgehead atoms. The molecule has 6 nitrogen and oxygen atoms in total. The van der Waals surface area contributed by atoms with Crippen molar-refractivity contribution in [2.75, 3.05) is 12.8 Å². The van der Waals surface area contributed by atoms with E-state index in [0.29, 0.717) is 18.1 Å². The van der Waals surface area contributed by atoms with Crippen LogP contribution in [0.1, 0.15) is 27.2 Å². The van der Waals surface area contributed by atoms with Crippen LogP contribution < -0.4 is 15.8 Å². The molecule has 0 fully saturated rings. The summed E-state index contributed by atoms with van der Waals surface area (Å²) in [5, 5.41) is 2.74. The Bertz CT molecular complexity index is 1050. The van der Waals surface area contributed by atoms with Crippen LogP contribution in [0, 0.1) is 0 Å². The van der Waals surface area contributed by atoms with Crippen LogP contribution in [0.2, 0.25) is 0 Å². The number of benzene rings is 2. The Morgan fingerprint density at radius 1 is 1.06 bits per heavy atom. The fourth-order valence-corrected chi connectivity index (χ4v) is 2.76. The van der Waals surface area contributed by atoms with E-state index in [1.807, 2.05) is 0 Å². The number of ether oxygens (including phenoxy) is 2. The monoisotopic (exact) mass is 431 g/mol. The Balaban J connectivity index is 1.59. The lowest BCUT2D eigenvalue weighted by Crippen LogP contribution is -2.24. The maximum Gasteiger partial charge on any atom is 0.416 e. The summed E-state index contributed by atoms with van der Waals surface area (Å²) in [5.41, 5.74) is 6.70. The van der Waals surface area contributed by atoms with Crippen molar-refractivity contribution in [1.29, 1.82) is 0 Å². The molecule has 2 aromatic carbocycles. The number of nitrogen functional groups attached to an aromatic ring is 1. The van der Waals surface area contributed by atoms with Crippen LogP contribution in [-0.4, -0.2) is 18.0 Å². The molecule has 31 heavy (non-hydrogen) atoms. The summed E-state index contributed by atoms with van der Waals surface area (Å²) in [4.78, 5) is 16.5. The summed E-state index contributed by atoms with van der Waals surface area (Å²) in [7, 11) is 1.54. The highest BCUT2D eigenvalue weighted by atomic mass is 19.4. The molecule has 0 saturated carbocycles. The zero-order valence-corrected chi connectivity index (χ0v) is 16.6. The second-order valence-electron chi connectivity index (χ2n) is 6.62. The number of carbonyl (C=O) groups is 1. The van der Waals surface area contributed by atoms with Crippen molar-refractivity contribution >= 4 is 11.7 Å². The maximum atomic E-state index is 12.8. The normalized spacial score (nSPS) is 11.2. The number of amides is 1. The third-order valence-corrected chi connectivity index (χ3v) is 4.29. The van der Waals surface area contributed by atoms with E-state index in [1.54, 1.807) is 36.4 Å². The topological polar surface area (TPSA) is 86.5 Å². The molecule has 3 rings (SSSR count). The number of alkyl halides is 3. The van der Waals surface area contributed by atoms with Crippen molar-refractivity contribution < 1.29 is 27.4 Å². The number of halogens is 3. The molecule has 9 heteroatoms. The molecule has 1 heterocycles. The highest BCUT2D eigenvalue weighted by Gasteiger charge is 2.30. The SMILES string of the molecule is COCc1ccc(C(=O)NCc2ccc(Oc3cccc(C(F)(F)F)c3)cc2)c(N)n1. The highest BCUT2D eigenvalue weighted by Crippen LogP contribution is 2.32. The van der Waals surface area contributed by atoms with Gasteiger partial charge in [0.05, 0.1) is 23.4 Å². The number of carbonyl (C=O) groups excluding carboxylic acids is 1. The average Bonchev–Trinajstić information content (AvgIpc) is 2.73. The predicted octanol–water partition coefficient (Wildman–Crippen LogP) is 4.55. The minimum atomic E-state index is -4.44. The number of anilines is 1. The van der Waals surface area contributed by atoms with Gasteiger partial charge in [-0.2, -0.15) is 13.2 Å². The summed E-state index contributed by atoms with van der Waals surface area (Å²) in [6.07, 6.45) is -4.44. The lowest BCUT2D eigenvalue weighted by Gasteiger charge is -2.11. The van der Waals surface area contributed by atoms with Crippen molar-refractivity contribution in [3.8, 4) is 11.5 Å². The van der Waals surface area contributed by atoms with E-state index in [1.165, 1.54) is 19.2 Å². The molecule has 0 spiro atoms. The number of pyridine rings is 1. The van der Waals surface area contributed by atoms with E-state index in [-0.39, 0.29) is 29.6 Å². The van der Waals surface area contributed by atoms with Gasteiger partial charge >= 0.3 is 6.18 Å². The van der Waals surface area contributed by atoms with Crippen LogP contribution in [0.15, 0.2) is 60.7 Å². The molecule has 162 valence electrons. The number of rotatable bonds is 7. The predicted molar refractivity (Wildman–Crippen MR) is 108 cm³/mol. The van der Waals surface area contributed by atoms with Crippen molar-refractivity contribution in [3.05, 3.63) is 83.0 Å². The van der Waals surface area contributed by atoms with Gasteiger partial charge in [-0.1, -0.05) is 18.2 Å². The van der Waals surface area contributed by atoms with Crippen LogP contribution in [0.25, 0.3) is 0 Å². The van der Waals surface area contributed by atoms with Crippen LogP contribution >= 0.6 is 0 Å². The van der Waals surface area contributed by atoms with Crippen molar-refractivity contribution in [3.63, 3.8) is 0 Å². The molecule has 0 radical (unpaired) electrons. The van der Waals surface area contributed by atoms with Crippen molar-refractivity contribution in [2.45, 2.75) is 19.3 Å². The molecule has 0 aliphatic heterocycles. The molecule has 0 aliphatic rings. The van der Waals surface area contributed by atoms with Gasteiger partial charge in [0.1, 0.15) is 17.3 Å². The molecule has 0 unspecified atom stereocenters. The van der Waals surface area contributed by atoms with Gasteiger partial charge < -0.3 is 20.5 Å². The molecular weight excluding hydrogens is 411 g/mol. The van der Waals surface area contributed by atoms with E-state index in [9.17, 15) is 18.0 Å². The van der Waals surface area contributed by atoms with Gasteiger partial charge in [0.2, 0.25) is 0 Å². The number of hydrogen-bond donors (Lipinski definition) is 2. The molecule has 1 amide bonds. The van der Waals surface area contributed by atoms with E-state index in [2.05, 4.69) is 10.3 Å². The van der Waals surface area contributed by atoms with Crippen LogP contribution in [0.3, 0.4) is 0 Å². The Hall–Kier alpha value is -3.59. The maximum absolute atomic E-state index is 12.8. The molecule has 0 aliphatic carbocycles. The minimum Gasteiger partial charge on any atom is -0.457 e. The fourth-order valence-electron chi connectivity index (χ4n) is 2.76. The molecule has 1 aromatic heterocycles. The molecule has 3 N–H and O–H groups in total. The molecule has 0 atom stereocenters. The van der Waals surface area contributed by atoms with Crippen LogP contribution in [0.5, 0.6) is 11.5 Å². The first kappa shape index (κ1) is 22.1. The second-order valence-corrected chi connectivity index (χ2v) is 6.62. The number of hydrogen-bond acceptors (Lipinski definition) is 5. The first-order valence-corrected chi connectivity index (χ1v) is 9.23. The smallest absolute Gasteiger partial charge is 0.416 e. The minimum absolute atomic E-state index is 0.0794. The van der Waals surface area contributed by atoms with Gasteiger partial charge in [0.15, 0.2) is 0 Å². The zero-order chi connectivity index (χ0) is 22.4. The standard InChI is InChI=1S/C22H20F3N3O3/c1-30-13-16-7-10-19(20(26)28-16)21(29)27-12-14-5-8-17(9-6-14)31-18-4-2-3-15(11-18)22(23,24)25/h2-11H,12-13H2,1H3,(H2,26,28)(H,27,29). The van der Waals surface area contributed by atoms with Gasteiger partial charge in [-0.25, -0.2) is 4.98 Å². The van der Waals surface area contributed by atoms with E-state index >= 15 is 0 Å². The van der Waals surface area contributed by atoms with Gasteiger partial charge in [0.25, 0.3) is 5.91 Å². The second kappa shape index (κ2) is 9.48. The number of nitrogens with two attached hydrogens (primary N) is 1. The molecular formula is C22H20F3N3O3. The van der Waals surface area contributed by atoms with E-state index < -0.39 is 11.7 Å². The first-order chi connectivity index (χ1) is 14.8. The lowest BCUT2D eigenvalue weighted by molar-refractivity contribution is -0.137. The quantitative estimate of drug-likeness (QED) is 0.573. The third kappa shape index (κ3) is 5.95. The summed E-state index contributed by atoms with van der Waals surface area (Å²) in [5.74, 6) is 0.183. The largest absolute Gasteiger partial charge is 0.457 e. The number of nitrogens with one attached hydrogen (secondary N) is 1. The Kier molecular flexibility index (Phi) is 6.76. The summed E-state index contributed by atoms with van der Waals surface area (Å²) >= 11 is 0. The third-order valence-electron chi connectivity index (χ3n) is 4.29. The van der Waals surface area contributed by atoms with E-state index in [4.69, 9.17) is 15.2 Å². The number of methoxy groups -OCH3 is 1. The molecule has 0 saturated heterocycles. The number of nitrogens with zero attached hydrogens (tertiary/aromatic N) is 1. The van der Waals surface area contributed by atoms with Crippen LogP contribution in [0.4, 0.5) is 19.0 Å². The van der Waals surface area contributed by atoms with Gasteiger partial charge in [-0.3, -0.25) is 4.79 Å². The van der Waals surface area contributed by atoms with Crippen molar-refractivity contribution in [1.82, 2.24) is 10.3 Å². The zero-order valence-electron chi connectivity index (χ0n) is 16.6. The Labute approximate surface area is 176 Å². The van der Waals surface area contributed by atoms with Gasteiger partial charge in [-0.15, -0.1) is 0 Å².